The minimum atomic E-state index is -4.20. The zero-order valence-corrected chi connectivity index (χ0v) is 23.0. The SMILES string of the molecule is CCC(C)NC(=O)C(C)N(Cc1ccc(Cl)cc1)C(=O)CN(c1ccc(F)cc1)S(=O)(=O)c1ccccc1. The monoisotopic (exact) mass is 559 g/mol. The lowest BCUT2D eigenvalue weighted by Gasteiger charge is -2.32. The average molecular weight is 560 g/mol. The molecular formula is C28H31ClFN3O4S. The predicted molar refractivity (Wildman–Crippen MR) is 147 cm³/mol. The Morgan fingerprint density at radius 1 is 0.947 bits per heavy atom. The molecule has 0 aliphatic rings. The van der Waals surface area contributed by atoms with Crippen LogP contribution < -0.4 is 9.62 Å². The first-order chi connectivity index (χ1) is 18.0. The van der Waals surface area contributed by atoms with Gasteiger partial charge in [-0.05, 0) is 74.4 Å². The summed E-state index contributed by atoms with van der Waals surface area (Å²) in [6.07, 6.45) is 0.706. The molecule has 2 atom stereocenters. The number of anilines is 1. The summed E-state index contributed by atoms with van der Waals surface area (Å²) in [4.78, 5) is 28.1. The molecule has 3 rings (SSSR count). The number of nitrogens with zero attached hydrogens (tertiary/aromatic N) is 2. The van der Waals surface area contributed by atoms with Crippen molar-refractivity contribution in [1.29, 1.82) is 0 Å². The molecule has 0 saturated carbocycles. The van der Waals surface area contributed by atoms with Gasteiger partial charge in [0.25, 0.3) is 10.0 Å². The van der Waals surface area contributed by atoms with Crippen molar-refractivity contribution in [2.24, 2.45) is 0 Å². The highest BCUT2D eigenvalue weighted by molar-refractivity contribution is 7.92. The normalized spacial score (nSPS) is 12.9. The van der Waals surface area contributed by atoms with Crippen LogP contribution in [-0.2, 0) is 26.2 Å². The quantitative estimate of drug-likeness (QED) is 0.358. The molecule has 3 aromatic rings. The Hall–Kier alpha value is -3.43. The third-order valence-corrected chi connectivity index (χ3v) is 8.20. The van der Waals surface area contributed by atoms with Crippen LogP contribution in [-0.4, -0.2) is 43.8 Å². The molecule has 0 saturated heterocycles. The minimum Gasteiger partial charge on any atom is -0.352 e. The number of nitrogens with one attached hydrogen (secondary N) is 1. The molecule has 38 heavy (non-hydrogen) atoms. The summed E-state index contributed by atoms with van der Waals surface area (Å²) in [5.74, 6) is -1.51. The van der Waals surface area contributed by atoms with Crippen molar-refractivity contribution in [2.45, 2.75) is 50.7 Å². The van der Waals surface area contributed by atoms with Crippen molar-refractivity contribution >= 4 is 39.1 Å². The summed E-state index contributed by atoms with van der Waals surface area (Å²) in [7, 11) is -4.20. The third kappa shape index (κ3) is 7.33. The van der Waals surface area contributed by atoms with Gasteiger partial charge in [0.2, 0.25) is 11.8 Å². The van der Waals surface area contributed by atoms with Crippen LogP contribution in [0, 0.1) is 5.82 Å². The largest absolute Gasteiger partial charge is 0.352 e. The van der Waals surface area contributed by atoms with E-state index in [4.69, 9.17) is 11.6 Å². The minimum absolute atomic E-state index is 0.0241. The van der Waals surface area contributed by atoms with E-state index in [1.807, 2.05) is 13.8 Å². The van der Waals surface area contributed by atoms with Gasteiger partial charge in [0.1, 0.15) is 18.4 Å². The molecule has 0 fully saturated rings. The van der Waals surface area contributed by atoms with Gasteiger partial charge in [-0.15, -0.1) is 0 Å². The Morgan fingerprint density at radius 2 is 1.55 bits per heavy atom. The third-order valence-electron chi connectivity index (χ3n) is 6.16. The maximum Gasteiger partial charge on any atom is 0.264 e. The van der Waals surface area contributed by atoms with E-state index in [-0.39, 0.29) is 29.1 Å². The second-order valence-corrected chi connectivity index (χ2v) is 11.2. The summed E-state index contributed by atoms with van der Waals surface area (Å²) in [5, 5.41) is 3.40. The zero-order valence-electron chi connectivity index (χ0n) is 21.5. The molecule has 202 valence electrons. The van der Waals surface area contributed by atoms with Crippen LogP contribution in [0.25, 0.3) is 0 Å². The van der Waals surface area contributed by atoms with Crippen LogP contribution in [0.5, 0.6) is 0 Å². The molecule has 0 bridgehead atoms. The second kappa shape index (κ2) is 12.9. The Morgan fingerprint density at radius 3 is 2.13 bits per heavy atom. The highest BCUT2D eigenvalue weighted by Crippen LogP contribution is 2.25. The second-order valence-electron chi connectivity index (χ2n) is 8.94. The summed E-state index contributed by atoms with van der Waals surface area (Å²) in [6.45, 7) is 4.84. The van der Waals surface area contributed by atoms with Crippen molar-refractivity contribution in [3.05, 3.63) is 95.3 Å². The molecule has 10 heteroatoms. The summed E-state index contributed by atoms with van der Waals surface area (Å²) >= 11 is 6.01. The number of carbonyl (C=O) groups excluding carboxylic acids is 2. The lowest BCUT2D eigenvalue weighted by molar-refractivity contribution is -0.139. The molecule has 0 radical (unpaired) electrons. The molecule has 0 aromatic heterocycles. The van der Waals surface area contributed by atoms with Gasteiger partial charge < -0.3 is 10.2 Å². The maximum atomic E-state index is 13.8. The van der Waals surface area contributed by atoms with E-state index >= 15 is 0 Å². The zero-order chi connectivity index (χ0) is 27.9. The summed E-state index contributed by atoms with van der Waals surface area (Å²) in [5.41, 5.74) is 0.831. The van der Waals surface area contributed by atoms with E-state index < -0.39 is 34.3 Å². The van der Waals surface area contributed by atoms with Gasteiger partial charge in [0.15, 0.2) is 0 Å². The van der Waals surface area contributed by atoms with Crippen molar-refractivity contribution in [2.75, 3.05) is 10.8 Å². The number of hydrogen-bond donors (Lipinski definition) is 1. The molecule has 0 aliphatic carbocycles. The highest BCUT2D eigenvalue weighted by atomic mass is 35.5. The topological polar surface area (TPSA) is 86.8 Å². The smallest absolute Gasteiger partial charge is 0.264 e. The van der Waals surface area contributed by atoms with E-state index in [1.165, 1.54) is 29.2 Å². The van der Waals surface area contributed by atoms with Crippen LogP contribution >= 0.6 is 11.6 Å². The highest BCUT2D eigenvalue weighted by Gasteiger charge is 2.32. The number of sulfonamides is 1. The molecule has 0 spiro atoms. The van der Waals surface area contributed by atoms with Crippen LogP contribution in [0.4, 0.5) is 10.1 Å². The number of hydrogen-bond acceptors (Lipinski definition) is 4. The standard InChI is InChI=1S/C28H31ClFN3O4S/c1-4-20(2)31-28(35)21(3)32(18-22-10-12-23(29)13-11-22)27(34)19-33(25-16-14-24(30)15-17-25)38(36,37)26-8-6-5-7-9-26/h5-17,20-21H,4,18-19H2,1-3H3,(H,31,35). The summed E-state index contributed by atoms with van der Waals surface area (Å²) < 4.78 is 41.8. The average Bonchev–Trinajstić information content (AvgIpc) is 2.91. The molecule has 7 nitrogen and oxygen atoms in total. The Labute approximate surface area is 228 Å². The Balaban J connectivity index is 2.00. The first-order valence-corrected chi connectivity index (χ1v) is 14.0. The number of halogens is 2. The van der Waals surface area contributed by atoms with Crippen LogP contribution in [0.3, 0.4) is 0 Å². The fourth-order valence-corrected chi connectivity index (χ4v) is 5.25. The van der Waals surface area contributed by atoms with Gasteiger partial charge >= 0.3 is 0 Å². The molecule has 0 aliphatic heterocycles. The van der Waals surface area contributed by atoms with Gasteiger partial charge in [-0.3, -0.25) is 13.9 Å². The molecule has 2 amide bonds. The van der Waals surface area contributed by atoms with Gasteiger partial charge in [-0.25, -0.2) is 12.8 Å². The van der Waals surface area contributed by atoms with E-state index in [0.29, 0.717) is 17.0 Å². The van der Waals surface area contributed by atoms with Crippen LogP contribution in [0.1, 0.15) is 32.8 Å². The lowest BCUT2D eigenvalue weighted by atomic mass is 10.1. The number of rotatable bonds is 11. The predicted octanol–water partition coefficient (Wildman–Crippen LogP) is 5.01. The van der Waals surface area contributed by atoms with E-state index in [9.17, 15) is 22.4 Å². The molecule has 2 unspecified atom stereocenters. The summed E-state index contributed by atoms with van der Waals surface area (Å²) in [6, 6.07) is 18.3. The fraction of sp³-hybridized carbons (Fsp3) is 0.286. The van der Waals surface area contributed by atoms with Gasteiger partial charge in [-0.2, -0.15) is 0 Å². The fourth-order valence-electron chi connectivity index (χ4n) is 3.69. The van der Waals surface area contributed by atoms with Crippen molar-refractivity contribution in [1.82, 2.24) is 10.2 Å². The lowest BCUT2D eigenvalue weighted by Crippen LogP contribution is -2.52. The number of carbonyl (C=O) groups is 2. The molecular weight excluding hydrogens is 529 g/mol. The van der Waals surface area contributed by atoms with Crippen molar-refractivity contribution < 1.29 is 22.4 Å². The van der Waals surface area contributed by atoms with Gasteiger partial charge in [0.05, 0.1) is 10.6 Å². The molecule has 3 aromatic carbocycles. The van der Waals surface area contributed by atoms with E-state index in [2.05, 4.69) is 5.32 Å². The Bertz CT molecular complexity index is 1340. The number of benzene rings is 3. The molecule has 0 heterocycles. The Kier molecular flexibility index (Phi) is 9.88. The van der Waals surface area contributed by atoms with Gasteiger partial charge in [0, 0.05) is 17.6 Å². The van der Waals surface area contributed by atoms with E-state index in [0.717, 1.165) is 16.4 Å². The van der Waals surface area contributed by atoms with Crippen LogP contribution in [0.2, 0.25) is 5.02 Å². The van der Waals surface area contributed by atoms with Gasteiger partial charge in [-0.1, -0.05) is 48.9 Å². The van der Waals surface area contributed by atoms with Crippen molar-refractivity contribution in [3.8, 4) is 0 Å². The van der Waals surface area contributed by atoms with E-state index in [1.54, 1.807) is 49.4 Å². The molecule has 1 N–H and O–H groups in total. The van der Waals surface area contributed by atoms with Crippen LogP contribution in [0.15, 0.2) is 83.8 Å². The maximum absolute atomic E-state index is 13.8. The van der Waals surface area contributed by atoms with Crippen molar-refractivity contribution in [3.63, 3.8) is 0 Å². The number of amides is 2. The first kappa shape index (κ1) is 29.1. The first-order valence-electron chi connectivity index (χ1n) is 12.2.